The van der Waals surface area contributed by atoms with Gasteiger partial charge in [-0.2, -0.15) is 0 Å². The summed E-state index contributed by atoms with van der Waals surface area (Å²) in [5.41, 5.74) is 2.13. The highest BCUT2D eigenvalue weighted by atomic mass is 16.3. The molecule has 0 fully saturated rings. The number of aromatic hydroxyl groups is 1. The van der Waals surface area contributed by atoms with Crippen LogP contribution >= 0.6 is 0 Å². The van der Waals surface area contributed by atoms with Crippen LogP contribution in [-0.4, -0.2) is 5.11 Å². The highest BCUT2D eigenvalue weighted by Gasteiger charge is 2.02. The first-order chi connectivity index (χ1) is 5.75. The van der Waals surface area contributed by atoms with Gasteiger partial charge in [-0.25, -0.2) is 0 Å². The molecule has 65 valence electrons. The zero-order valence-corrected chi connectivity index (χ0v) is 7.72. The van der Waals surface area contributed by atoms with Gasteiger partial charge in [-0.15, -0.1) is 0 Å². The summed E-state index contributed by atoms with van der Waals surface area (Å²) in [7, 11) is 0. The summed E-state index contributed by atoms with van der Waals surface area (Å²) in [6.45, 7) is 4.14. The van der Waals surface area contributed by atoms with Gasteiger partial charge in [-0.1, -0.05) is 19.4 Å². The molecule has 1 aromatic rings. The Morgan fingerprint density at radius 1 is 1.50 bits per heavy atom. The first kappa shape index (κ1) is 9.11. The summed E-state index contributed by atoms with van der Waals surface area (Å²) in [5.74, 6) is 0.416. The molecule has 0 amide bonds. The SMILES string of the molecule is CCCCc1c(C)[c]ccc1O. The van der Waals surface area contributed by atoms with E-state index in [1.165, 1.54) is 0 Å². The Morgan fingerprint density at radius 3 is 2.83 bits per heavy atom. The third kappa shape index (κ3) is 2.00. The van der Waals surface area contributed by atoms with E-state index in [9.17, 15) is 5.11 Å². The van der Waals surface area contributed by atoms with Gasteiger partial charge in [0.1, 0.15) is 5.75 Å². The molecule has 0 aromatic heterocycles. The molecule has 1 rings (SSSR count). The fourth-order valence-electron chi connectivity index (χ4n) is 1.29. The van der Waals surface area contributed by atoms with E-state index in [1.807, 2.05) is 6.92 Å². The van der Waals surface area contributed by atoms with Crippen LogP contribution in [0.25, 0.3) is 0 Å². The van der Waals surface area contributed by atoms with Crippen molar-refractivity contribution in [3.63, 3.8) is 0 Å². The molecule has 1 N–H and O–H groups in total. The van der Waals surface area contributed by atoms with Gasteiger partial charge in [-0.05, 0) is 43.0 Å². The average Bonchev–Trinajstić information content (AvgIpc) is 2.04. The summed E-state index contributed by atoms with van der Waals surface area (Å²) in [4.78, 5) is 0. The predicted molar refractivity (Wildman–Crippen MR) is 50.3 cm³/mol. The van der Waals surface area contributed by atoms with Crippen LogP contribution in [0.1, 0.15) is 30.9 Å². The molecule has 0 aliphatic carbocycles. The number of hydrogen-bond donors (Lipinski definition) is 1. The zero-order valence-electron chi connectivity index (χ0n) is 7.72. The van der Waals surface area contributed by atoms with Gasteiger partial charge in [0.15, 0.2) is 0 Å². The second-order valence-corrected chi connectivity index (χ2v) is 3.07. The lowest BCUT2D eigenvalue weighted by molar-refractivity contribution is 0.466. The van der Waals surface area contributed by atoms with Gasteiger partial charge in [0.25, 0.3) is 0 Å². The highest BCUT2D eigenvalue weighted by molar-refractivity contribution is 5.37. The molecule has 1 nitrogen and oxygen atoms in total. The van der Waals surface area contributed by atoms with E-state index in [-0.39, 0.29) is 0 Å². The number of rotatable bonds is 3. The van der Waals surface area contributed by atoms with E-state index in [1.54, 1.807) is 12.1 Å². The molecule has 0 aliphatic heterocycles. The Balaban J connectivity index is 2.81. The number of phenolic OH excluding ortho intramolecular Hbond substituents is 1. The maximum absolute atomic E-state index is 9.50. The lowest BCUT2D eigenvalue weighted by Crippen LogP contribution is -1.89. The van der Waals surface area contributed by atoms with Crippen LogP contribution in [0.5, 0.6) is 5.75 Å². The monoisotopic (exact) mass is 163 g/mol. The molecule has 0 heterocycles. The molecule has 0 unspecified atom stereocenters. The van der Waals surface area contributed by atoms with Crippen LogP contribution in [0, 0.1) is 13.0 Å². The first-order valence-electron chi connectivity index (χ1n) is 4.44. The molecule has 0 bridgehead atoms. The van der Waals surface area contributed by atoms with Crippen molar-refractivity contribution in [2.45, 2.75) is 33.1 Å². The molecule has 1 heteroatoms. The Bertz CT molecular complexity index is 233. The highest BCUT2D eigenvalue weighted by Crippen LogP contribution is 2.21. The fourth-order valence-corrected chi connectivity index (χ4v) is 1.29. The maximum atomic E-state index is 9.50. The van der Waals surface area contributed by atoms with Gasteiger partial charge < -0.3 is 5.11 Å². The fraction of sp³-hybridized carbons (Fsp3) is 0.455. The summed E-state index contributed by atoms with van der Waals surface area (Å²) < 4.78 is 0. The number of hydrogen-bond acceptors (Lipinski definition) is 1. The van der Waals surface area contributed by atoms with Crippen LogP contribution in [0.3, 0.4) is 0 Å². The molecular formula is C11H15O. The van der Waals surface area contributed by atoms with Crippen molar-refractivity contribution >= 4 is 0 Å². The average molecular weight is 163 g/mol. The minimum atomic E-state index is 0.416. The van der Waals surface area contributed by atoms with E-state index in [2.05, 4.69) is 13.0 Å². The summed E-state index contributed by atoms with van der Waals surface area (Å²) in [6, 6.07) is 6.56. The van der Waals surface area contributed by atoms with Crippen LogP contribution < -0.4 is 0 Å². The number of aryl methyl sites for hydroxylation is 1. The van der Waals surface area contributed by atoms with E-state index >= 15 is 0 Å². The van der Waals surface area contributed by atoms with E-state index in [4.69, 9.17) is 0 Å². The third-order valence-electron chi connectivity index (χ3n) is 2.08. The molecule has 0 spiro atoms. The molecule has 1 radical (unpaired) electrons. The van der Waals surface area contributed by atoms with Gasteiger partial charge >= 0.3 is 0 Å². The van der Waals surface area contributed by atoms with Crippen LogP contribution in [0.15, 0.2) is 12.1 Å². The number of benzene rings is 1. The van der Waals surface area contributed by atoms with Gasteiger partial charge in [-0.3, -0.25) is 0 Å². The summed E-state index contributed by atoms with van der Waals surface area (Å²) in [5, 5.41) is 9.50. The Morgan fingerprint density at radius 2 is 2.25 bits per heavy atom. The van der Waals surface area contributed by atoms with Crippen LogP contribution in [0.4, 0.5) is 0 Å². The molecule has 1 aromatic carbocycles. The van der Waals surface area contributed by atoms with Crippen molar-refractivity contribution in [3.8, 4) is 5.75 Å². The van der Waals surface area contributed by atoms with Crippen LogP contribution in [0.2, 0.25) is 0 Å². The molecule has 12 heavy (non-hydrogen) atoms. The largest absolute Gasteiger partial charge is 0.508 e. The lowest BCUT2D eigenvalue weighted by Gasteiger charge is -2.06. The van der Waals surface area contributed by atoms with Crippen molar-refractivity contribution in [1.82, 2.24) is 0 Å². The van der Waals surface area contributed by atoms with Crippen molar-refractivity contribution in [3.05, 3.63) is 29.3 Å². The second kappa shape index (κ2) is 4.15. The standard InChI is InChI=1S/C11H15O/c1-3-4-7-10-9(2)6-5-8-11(10)12/h5,8,12H,3-4,7H2,1-2H3. The molecule has 0 saturated carbocycles. The van der Waals surface area contributed by atoms with Crippen molar-refractivity contribution in [1.29, 1.82) is 0 Å². The van der Waals surface area contributed by atoms with Gasteiger partial charge in [0.2, 0.25) is 0 Å². The Kier molecular flexibility index (Phi) is 3.15. The number of unbranched alkanes of at least 4 members (excludes halogenated alkanes) is 1. The van der Waals surface area contributed by atoms with E-state index in [0.29, 0.717) is 5.75 Å². The van der Waals surface area contributed by atoms with Crippen molar-refractivity contribution in [2.75, 3.05) is 0 Å². The number of phenols is 1. The van der Waals surface area contributed by atoms with Crippen LogP contribution in [-0.2, 0) is 6.42 Å². The summed E-state index contributed by atoms with van der Waals surface area (Å²) in [6.07, 6.45) is 3.26. The van der Waals surface area contributed by atoms with E-state index < -0.39 is 0 Å². The topological polar surface area (TPSA) is 20.2 Å². The van der Waals surface area contributed by atoms with E-state index in [0.717, 1.165) is 30.4 Å². The van der Waals surface area contributed by atoms with Gasteiger partial charge in [0, 0.05) is 0 Å². The quantitative estimate of drug-likeness (QED) is 0.726. The molecular weight excluding hydrogens is 148 g/mol. The first-order valence-corrected chi connectivity index (χ1v) is 4.44. The lowest BCUT2D eigenvalue weighted by atomic mass is 10.0. The molecule has 0 atom stereocenters. The second-order valence-electron chi connectivity index (χ2n) is 3.07. The zero-order chi connectivity index (χ0) is 8.97. The normalized spacial score (nSPS) is 10.2. The van der Waals surface area contributed by atoms with Gasteiger partial charge in [0.05, 0.1) is 0 Å². The van der Waals surface area contributed by atoms with Crippen molar-refractivity contribution in [2.24, 2.45) is 0 Å². The Labute approximate surface area is 74.1 Å². The molecule has 0 aliphatic rings. The van der Waals surface area contributed by atoms with Crippen molar-refractivity contribution < 1.29 is 5.11 Å². The Hall–Kier alpha value is -0.980. The predicted octanol–water partition coefficient (Wildman–Crippen LogP) is 2.84. The smallest absolute Gasteiger partial charge is 0.119 e. The third-order valence-corrected chi connectivity index (χ3v) is 2.08. The molecule has 0 saturated heterocycles. The minimum absolute atomic E-state index is 0.416. The maximum Gasteiger partial charge on any atom is 0.119 e. The summed E-state index contributed by atoms with van der Waals surface area (Å²) >= 11 is 0. The minimum Gasteiger partial charge on any atom is -0.508 e.